The number of benzene rings is 1. The standard InChI is InChI=1S/C15H17NO4/c1-5-20-15(18)13-12(14(17)19-4)10-8-9(2)6-7-11(10)16(13)3/h6-8H,5H2,1-4H3. The van der Waals surface area contributed by atoms with Gasteiger partial charge in [-0.15, -0.1) is 0 Å². The SMILES string of the molecule is CCOC(=O)c1c(C(=O)OC)c2cc(C)ccc2n1C. The van der Waals surface area contributed by atoms with Crippen molar-refractivity contribution in [1.82, 2.24) is 4.57 Å². The van der Waals surface area contributed by atoms with Crippen molar-refractivity contribution in [2.24, 2.45) is 7.05 Å². The molecule has 0 atom stereocenters. The minimum atomic E-state index is -0.538. The molecule has 0 aliphatic carbocycles. The molecule has 0 spiro atoms. The molecule has 5 nitrogen and oxygen atoms in total. The molecule has 0 unspecified atom stereocenters. The molecule has 0 aliphatic rings. The lowest BCUT2D eigenvalue weighted by Crippen LogP contribution is -2.15. The molecular weight excluding hydrogens is 258 g/mol. The van der Waals surface area contributed by atoms with Gasteiger partial charge in [0.05, 0.1) is 13.7 Å². The summed E-state index contributed by atoms with van der Waals surface area (Å²) in [6.07, 6.45) is 0. The fraction of sp³-hybridized carbons (Fsp3) is 0.333. The molecule has 0 aliphatic heterocycles. The second-order valence-electron chi connectivity index (χ2n) is 4.52. The number of rotatable bonds is 3. The van der Waals surface area contributed by atoms with E-state index >= 15 is 0 Å². The zero-order valence-electron chi connectivity index (χ0n) is 12.0. The van der Waals surface area contributed by atoms with Crippen molar-refractivity contribution in [1.29, 1.82) is 0 Å². The summed E-state index contributed by atoms with van der Waals surface area (Å²) in [6.45, 7) is 3.90. The molecule has 0 radical (unpaired) electrons. The Bertz CT molecular complexity index is 685. The van der Waals surface area contributed by atoms with E-state index in [-0.39, 0.29) is 17.9 Å². The van der Waals surface area contributed by atoms with E-state index in [0.717, 1.165) is 11.1 Å². The number of hydrogen-bond acceptors (Lipinski definition) is 4. The lowest BCUT2D eigenvalue weighted by atomic mass is 10.1. The molecule has 2 rings (SSSR count). The second kappa shape index (κ2) is 5.36. The van der Waals surface area contributed by atoms with Crippen molar-refractivity contribution in [2.45, 2.75) is 13.8 Å². The van der Waals surface area contributed by atoms with E-state index in [1.54, 1.807) is 18.5 Å². The Morgan fingerprint density at radius 1 is 1.25 bits per heavy atom. The van der Waals surface area contributed by atoms with Crippen molar-refractivity contribution in [3.05, 3.63) is 35.0 Å². The first kappa shape index (κ1) is 14.1. The average molecular weight is 275 g/mol. The average Bonchev–Trinajstić information content (AvgIpc) is 2.71. The van der Waals surface area contributed by atoms with Crippen molar-refractivity contribution in [2.75, 3.05) is 13.7 Å². The molecule has 2 aromatic rings. The summed E-state index contributed by atoms with van der Waals surface area (Å²) in [5.74, 6) is -1.06. The smallest absolute Gasteiger partial charge is 0.355 e. The number of ether oxygens (including phenoxy) is 2. The van der Waals surface area contributed by atoms with Crippen LogP contribution in [0.5, 0.6) is 0 Å². The van der Waals surface area contributed by atoms with Gasteiger partial charge >= 0.3 is 11.9 Å². The Hall–Kier alpha value is -2.30. The first-order chi connectivity index (χ1) is 9.51. The van der Waals surface area contributed by atoms with Crippen LogP contribution in [0.3, 0.4) is 0 Å². The Labute approximate surface area is 117 Å². The molecule has 1 heterocycles. The number of hydrogen-bond donors (Lipinski definition) is 0. The molecule has 0 fully saturated rings. The normalized spacial score (nSPS) is 10.6. The number of aromatic nitrogens is 1. The summed E-state index contributed by atoms with van der Waals surface area (Å²) in [5, 5.41) is 0.697. The van der Waals surface area contributed by atoms with Crippen LogP contribution in [0.4, 0.5) is 0 Å². The number of carbonyl (C=O) groups is 2. The highest BCUT2D eigenvalue weighted by atomic mass is 16.5. The molecule has 1 aromatic carbocycles. The van der Waals surface area contributed by atoms with Crippen LogP contribution in [0.1, 0.15) is 33.3 Å². The van der Waals surface area contributed by atoms with Crippen LogP contribution in [0.2, 0.25) is 0 Å². The Kier molecular flexibility index (Phi) is 3.79. The van der Waals surface area contributed by atoms with Crippen LogP contribution in [-0.2, 0) is 16.5 Å². The summed E-state index contributed by atoms with van der Waals surface area (Å²) in [7, 11) is 3.03. The summed E-state index contributed by atoms with van der Waals surface area (Å²) >= 11 is 0. The summed E-state index contributed by atoms with van der Waals surface area (Å²) in [6, 6.07) is 5.67. The molecule has 0 N–H and O–H groups in total. The highest BCUT2D eigenvalue weighted by Gasteiger charge is 2.27. The maximum absolute atomic E-state index is 12.1. The molecular formula is C15H17NO4. The van der Waals surface area contributed by atoms with Crippen LogP contribution in [-0.4, -0.2) is 30.2 Å². The molecule has 20 heavy (non-hydrogen) atoms. The molecule has 1 aromatic heterocycles. The van der Waals surface area contributed by atoms with Gasteiger partial charge in [0.25, 0.3) is 0 Å². The predicted octanol–water partition coefficient (Wildman–Crippen LogP) is 2.45. The minimum Gasteiger partial charge on any atom is -0.465 e. The van der Waals surface area contributed by atoms with Crippen LogP contribution in [0.15, 0.2) is 18.2 Å². The highest BCUT2D eigenvalue weighted by Crippen LogP contribution is 2.27. The van der Waals surface area contributed by atoms with Gasteiger partial charge in [0.1, 0.15) is 11.3 Å². The Morgan fingerprint density at radius 2 is 1.95 bits per heavy atom. The van der Waals surface area contributed by atoms with Gasteiger partial charge in [-0.2, -0.15) is 0 Å². The first-order valence-electron chi connectivity index (χ1n) is 6.35. The van der Waals surface area contributed by atoms with Crippen LogP contribution >= 0.6 is 0 Å². The van der Waals surface area contributed by atoms with E-state index in [2.05, 4.69) is 0 Å². The van der Waals surface area contributed by atoms with Gasteiger partial charge in [0, 0.05) is 18.0 Å². The van der Waals surface area contributed by atoms with Crippen LogP contribution in [0, 0.1) is 6.92 Å². The van der Waals surface area contributed by atoms with Crippen LogP contribution in [0.25, 0.3) is 10.9 Å². The Balaban J connectivity index is 2.80. The predicted molar refractivity (Wildman–Crippen MR) is 75.0 cm³/mol. The van der Waals surface area contributed by atoms with Gasteiger partial charge < -0.3 is 14.0 Å². The zero-order chi connectivity index (χ0) is 14.9. The lowest BCUT2D eigenvalue weighted by molar-refractivity contribution is 0.0495. The van der Waals surface area contributed by atoms with Gasteiger partial charge in [-0.1, -0.05) is 11.6 Å². The number of aryl methyl sites for hydroxylation is 2. The largest absolute Gasteiger partial charge is 0.465 e. The van der Waals surface area contributed by atoms with Crippen molar-refractivity contribution < 1.29 is 19.1 Å². The zero-order valence-corrected chi connectivity index (χ0v) is 12.0. The number of nitrogens with zero attached hydrogens (tertiary/aromatic N) is 1. The van der Waals surface area contributed by atoms with Gasteiger partial charge in [-0.05, 0) is 26.0 Å². The molecule has 0 saturated carbocycles. The molecule has 5 heteroatoms. The fourth-order valence-electron chi connectivity index (χ4n) is 2.31. The van der Waals surface area contributed by atoms with Crippen molar-refractivity contribution in [3.63, 3.8) is 0 Å². The number of methoxy groups -OCH3 is 1. The molecule has 0 saturated heterocycles. The number of esters is 2. The molecule has 0 amide bonds. The topological polar surface area (TPSA) is 57.5 Å². The quantitative estimate of drug-likeness (QED) is 0.807. The van der Waals surface area contributed by atoms with E-state index in [1.807, 2.05) is 25.1 Å². The van der Waals surface area contributed by atoms with Gasteiger partial charge in [-0.25, -0.2) is 9.59 Å². The van der Waals surface area contributed by atoms with E-state index < -0.39 is 11.9 Å². The van der Waals surface area contributed by atoms with E-state index in [9.17, 15) is 9.59 Å². The van der Waals surface area contributed by atoms with Crippen molar-refractivity contribution in [3.8, 4) is 0 Å². The van der Waals surface area contributed by atoms with Gasteiger partial charge in [-0.3, -0.25) is 0 Å². The minimum absolute atomic E-state index is 0.222. The first-order valence-corrected chi connectivity index (χ1v) is 6.35. The molecule has 106 valence electrons. The maximum atomic E-state index is 12.1. The summed E-state index contributed by atoms with van der Waals surface area (Å²) in [5.41, 5.74) is 2.27. The fourth-order valence-corrected chi connectivity index (χ4v) is 2.31. The monoisotopic (exact) mass is 275 g/mol. The number of fused-ring (bicyclic) bond motifs is 1. The third-order valence-corrected chi connectivity index (χ3v) is 3.21. The van der Waals surface area contributed by atoms with Gasteiger partial charge in [0.2, 0.25) is 0 Å². The second-order valence-corrected chi connectivity index (χ2v) is 4.52. The number of carbonyl (C=O) groups excluding carboxylic acids is 2. The lowest BCUT2D eigenvalue weighted by Gasteiger charge is -2.05. The highest BCUT2D eigenvalue weighted by molar-refractivity contribution is 6.13. The van der Waals surface area contributed by atoms with Crippen molar-refractivity contribution >= 4 is 22.8 Å². The van der Waals surface area contributed by atoms with E-state index in [0.29, 0.717) is 5.39 Å². The van der Waals surface area contributed by atoms with Gasteiger partial charge in [0.15, 0.2) is 0 Å². The molecule has 0 bridgehead atoms. The van der Waals surface area contributed by atoms with Crippen LogP contribution < -0.4 is 0 Å². The summed E-state index contributed by atoms with van der Waals surface area (Å²) < 4.78 is 11.5. The summed E-state index contributed by atoms with van der Waals surface area (Å²) in [4.78, 5) is 24.1. The third kappa shape index (κ3) is 2.15. The third-order valence-electron chi connectivity index (χ3n) is 3.21. The van der Waals surface area contributed by atoms with E-state index in [4.69, 9.17) is 9.47 Å². The maximum Gasteiger partial charge on any atom is 0.355 e. The van der Waals surface area contributed by atoms with E-state index in [1.165, 1.54) is 7.11 Å². The Morgan fingerprint density at radius 3 is 2.55 bits per heavy atom.